The van der Waals surface area contributed by atoms with Crippen LogP contribution in [0.1, 0.15) is 0 Å². The predicted molar refractivity (Wildman–Crippen MR) is 182 cm³/mol. The first-order valence-corrected chi connectivity index (χ1v) is 17.3. The Kier molecular flexibility index (Phi) is 10.2. The molecule has 0 aliphatic rings. The minimum Gasteiger partial charge on any atom is -0.504 e. The van der Waals surface area contributed by atoms with Gasteiger partial charge < -0.3 is 29.8 Å². The smallest absolute Gasteiger partial charge is 0.478 e. The fourth-order valence-electron chi connectivity index (χ4n) is 5.33. The molecule has 0 aliphatic carbocycles. The molecule has 0 amide bonds. The molecule has 9 nitrogen and oxygen atoms in total. The molecule has 47 heavy (non-hydrogen) atoms. The zero-order chi connectivity index (χ0) is 33.6. The quantitative estimate of drug-likeness (QED) is 0.0722. The van der Waals surface area contributed by atoms with E-state index in [9.17, 15) is 19.3 Å². The maximum atomic E-state index is 11.1. The van der Waals surface area contributed by atoms with E-state index < -0.39 is 15.6 Å². The lowest BCUT2D eigenvalue weighted by Gasteiger charge is -2.24. The van der Waals surface area contributed by atoms with E-state index in [4.69, 9.17) is 19.6 Å². The highest BCUT2D eigenvalue weighted by Crippen LogP contribution is 2.54. The van der Waals surface area contributed by atoms with Gasteiger partial charge >= 0.3 is 15.6 Å². The lowest BCUT2D eigenvalue weighted by molar-refractivity contribution is 0.225. The maximum Gasteiger partial charge on any atom is 0.478 e. The van der Waals surface area contributed by atoms with Crippen molar-refractivity contribution in [1.82, 2.24) is 0 Å². The molecule has 6 N–H and O–H groups in total. The highest BCUT2D eigenvalue weighted by molar-refractivity contribution is 7.60. The lowest BCUT2D eigenvalue weighted by Crippen LogP contribution is -1.98. The largest absolute Gasteiger partial charge is 0.504 e. The number of hydrogen-bond donors (Lipinski definition) is 6. The van der Waals surface area contributed by atoms with Crippen LogP contribution in [-0.4, -0.2) is 29.8 Å². The number of phosphoric acid groups is 2. The minimum atomic E-state index is -5.05. The fourth-order valence-corrected chi connectivity index (χ4v) is 6.44. The van der Waals surface area contributed by atoms with Gasteiger partial charge in [0.25, 0.3) is 0 Å². The number of para-hydroxylation sites is 1. The van der Waals surface area contributed by atoms with Gasteiger partial charge in [0.05, 0.1) is 0 Å². The molecule has 0 fully saturated rings. The Labute approximate surface area is 271 Å². The first-order chi connectivity index (χ1) is 22.4. The standard InChI is InChI=1S/C36H26O2.H4O7P2/c37-32-23-13-22-29(36(32)38)31-24-30(25-14-5-1-6-15-25)33(26-16-7-2-8-17-26)35(28-20-11-4-12-21-28)34(31)27-18-9-3-10-19-27;1-8(2,3)7-9(4,5)6/h1-24,37-38H;(H2,1,2,3)(H2,4,5,6). The molecule has 0 saturated carbocycles. The van der Waals surface area contributed by atoms with E-state index in [1.165, 1.54) is 6.07 Å². The van der Waals surface area contributed by atoms with Gasteiger partial charge in [-0.15, -0.1) is 0 Å². The Morgan fingerprint density at radius 2 is 0.787 bits per heavy atom. The molecule has 0 atom stereocenters. The summed E-state index contributed by atoms with van der Waals surface area (Å²) in [7, 11) is -10.1. The molecule has 0 heterocycles. The van der Waals surface area contributed by atoms with Crippen molar-refractivity contribution in [1.29, 1.82) is 0 Å². The van der Waals surface area contributed by atoms with Gasteiger partial charge in [0.15, 0.2) is 11.5 Å². The van der Waals surface area contributed by atoms with Crippen LogP contribution >= 0.6 is 15.6 Å². The van der Waals surface area contributed by atoms with Gasteiger partial charge in [0.1, 0.15) is 0 Å². The van der Waals surface area contributed by atoms with Crippen LogP contribution in [0.3, 0.4) is 0 Å². The fraction of sp³-hybridized carbons (Fsp3) is 0. The summed E-state index contributed by atoms with van der Waals surface area (Å²) in [6.07, 6.45) is 0. The average molecular weight is 669 g/mol. The van der Waals surface area contributed by atoms with Crippen LogP contribution in [0.5, 0.6) is 11.5 Å². The van der Waals surface area contributed by atoms with Gasteiger partial charge in [0, 0.05) is 5.56 Å². The van der Waals surface area contributed by atoms with Crippen molar-refractivity contribution in [2.24, 2.45) is 0 Å². The minimum absolute atomic E-state index is 0.129. The molecule has 0 radical (unpaired) electrons. The van der Waals surface area contributed by atoms with Crippen molar-refractivity contribution >= 4 is 15.6 Å². The van der Waals surface area contributed by atoms with E-state index in [2.05, 4.69) is 83.2 Å². The summed E-state index contributed by atoms with van der Waals surface area (Å²) in [5.74, 6) is -0.272. The summed E-state index contributed by atoms with van der Waals surface area (Å²) in [6, 6.07) is 48.8. The average Bonchev–Trinajstić information content (AvgIpc) is 3.05. The zero-order valence-electron chi connectivity index (χ0n) is 24.7. The summed E-state index contributed by atoms with van der Waals surface area (Å²) >= 11 is 0. The topological polar surface area (TPSA) is 165 Å². The van der Waals surface area contributed by atoms with Crippen molar-refractivity contribution in [3.8, 4) is 67.1 Å². The van der Waals surface area contributed by atoms with Gasteiger partial charge in [-0.25, -0.2) is 9.13 Å². The van der Waals surface area contributed by atoms with E-state index in [1.54, 1.807) is 6.07 Å². The number of phenolic OH excluding ortho intramolecular Hbond substituents is 2. The second kappa shape index (κ2) is 14.3. The second-order valence-corrected chi connectivity index (χ2v) is 12.9. The number of phenols is 2. The molecule has 238 valence electrons. The predicted octanol–water partition coefficient (Wildman–Crippen LogP) is 8.62. The normalized spacial score (nSPS) is 11.4. The molecule has 0 bridgehead atoms. The summed E-state index contributed by atoms with van der Waals surface area (Å²) in [5, 5.41) is 21.6. The van der Waals surface area contributed by atoms with Gasteiger partial charge in [-0.2, -0.15) is 4.31 Å². The molecule has 0 aliphatic heterocycles. The summed E-state index contributed by atoms with van der Waals surface area (Å²) in [5.41, 5.74) is 9.94. The molecule has 0 unspecified atom stereocenters. The van der Waals surface area contributed by atoms with Crippen LogP contribution in [0.25, 0.3) is 55.6 Å². The van der Waals surface area contributed by atoms with Gasteiger partial charge in [0.2, 0.25) is 0 Å². The van der Waals surface area contributed by atoms with Crippen LogP contribution in [0.15, 0.2) is 146 Å². The molecule has 6 aromatic rings. The lowest BCUT2D eigenvalue weighted by atomic mass is 9.79. The number of rotatable bonds is 7. The summed E-state index contributed by atoms with van der Waals surface area (Å²) < 4.78 is 22.2. The maximum absolute atomic E-state index is 11.1. The molecule has 0 aromatic heterocycles. The summed E-state index contributed by atoms with van der Waals surface area (Å²) in [4.78, 5) is 31.0. The highest BCUT2D eigenvalue weighted by Gasteiger charge is 2.28. The van der Waals surface area contributed by atoms with Crippen LogP contribution < -0.4 is 0 Å². The van der Waals surface area contributed by atoms with Gasteiger partial charge in [-0.3, -0.25) is 0 Å². The third-order valence-electron chi connectivity index (χ3n) is 7.12. The third kappa shape index (κ3) is 8.32. The van der Waals surface area contributed by atoms with Crippen molar-refractivity contribution < 1.29 is 43.2 Å². The van der Waals surface area contributed by atoms with E-state index >= 15 is 0 Å². The first-order valence-electron chi connectivity index (χ1n) is 14.2. The SMILES string of the molecule is O=P(O)(O)OP(=O)(O)O.Oc1cccc(-c2cc(-c3ccccc3)c(-c3ccccc3)c(-c3ccccc3)c2-c2ccccc2)c1O. The third-order valence-corrected chi connectivity index (χ3v) is 8.82. The van der Waals surface area contributed by atoms with Crippen LogP contribution in [0.4, 0.5) is 0 Å². The number of hydrogen-bond acceptors (Lipinski definition) is 5. The Balaban J connectivity index is 0.000000424. The molecular formula is C36H30O9P2. The molecule has 0 spiro atoms. The Morgan fingerprint density at radius 3 is 1.19 bits per heavy atom. The Morgan fingerprint density at radius 1 is 0.404 bits per heavy atom. The number of aromatic hydroxyl groups is 2. The van der Waals surface area contributed by atoms with Gasteiger partial charge in [-0.05, 0) is 62.2 Å². The first kappa shape index (κ1) is 33.5. The van der Waals surface area contributed by atoms with E-state index in [0.29, 0.717) is 5.56 Å². The number of benzene rings is 6. The van der Waals surface area contributed by atoms with Crippen molar-refractivity contribution in [3.05, 3.63) is 146 Å². The van der Waals surface area contributed by atoms with Crippen LogP contribution in [0, 0.1) is 0 Å². The van der Waals surface area contributed by atoms with Gasteiger partial charge in [-0.1, -0.05) is 133 Å². The molecule has 0 saturated heterocycles. The van der Waals surface area contributed by atoms with Crippen molar-refractivity contribution in [3.63, 3.8) is 0 Å². The van der Waals surface area contributed by atoms with Crippen LogP contribution in [0.2, 0.25) is 0 Å². The second-order valence-electron chi connectivity index (χ2n) is 10.3. The molecule has 11 heteroatoms. The highest BCUT2D eigenvalue weighted by atomic mass is 31.3. The van der Waals surface area contributed by atoms with Crippen molar-refractivity contribution in [2.45, 2.75) is 0 Å². The molecule has 6 rings (SSSR count). The Bertz CT molecular complexity index is 2040. The van der Waals surface area contributed by atoms with E-state index in [0.717, 1.165) is 50.1 Å². The van der Waals surface area contributed by atoms with E-state index in [1.807, 2.05) is 54.6 Å². The molecule has 6 aromatic carbocycles. The van der Waals surface area contributed by atoms with Crippen molar-refractivity contribution in [2.75, 3.05) is 0 Å². The Hall–Kier alpha value is -4.82. The van der Waals surface area contributed by atoms with Crippen LogP contribution in [-0.2, 0) is 13.4 Å². The monoisotopic (exact) mass is 668 g/mol. The van der Waals surface area contributed by atoms with E-state index in [-0.39, 0.29) is 11.5 Å². The summed E-state index contributed by atoms with van der Waals surface area (Å²) in [6.45, 7) is 0. The zero-order valence-corrected chi connectivity index (χ0v) is 26.4. The molecular weight excluding hydrogens is 638 g/mol.